The number of rotatable bonds is 9. The highest BCUT2D eigenvalue weighted by atomic mass is 19.1. The molecule has 0 aromatic heterocycles. The van der Waals surface area contributed by atoms with Gasteiger partial charge in [0.1, 0.15) is 0 Å². The number of nitrogens with one attached hydrogen (secondary N) is 1. The van der Waals surface area contributed by atoms with Crippen molar-refractivity contribution in [3.8, 4) is 0 Å². The summed E-state index contributed by atoms with van der Waals surface area (Å²) >= 11 is 0. The lowest BCUT2D eigenvalue weighted by molar-refractivity contribution is -0.127. The Bertz CT molecular complexity index is 859. The van der Waals surface area contributed by atoms with Gasteiger partial charge in [-0.3, -0.25) is 4.79 Å². The van der Waals surface area contributed by atoms with Gasteiger partial charge in [-0.25, -0.2) is 9.38 Å². The van der Waals surface area contributed by atoms with Crippen LogP contribution in [0.15, 0.2) is 76.8 Å². The molecule has 0 bridgehead atoms. The van der Waals surface area contributed by atoms with E-state index in [-0.39, 0.29) is 23.6 Å². The standard InChI is InChI=1S/C26H37FN4O/c1-5-25(32)31-17-7-9-23(18-31)30-26-24(27)10-6-8-22(29-26)14-12-20(4)11-13-21(15-16-28)19(2)3/h5,8,10-11,13,23H,1,4,6-7,9,12,14-18,28H2,2-3H3,(H,29,30)/b13-11-/t23-/m1/s1. The van der Waals surface area contributed by atoms with Gasteiger partial charge in [0.2, 0.25) is 5.91 Å². The molecule has 3 N–H and O–H groups in total. The van der Waals surface area contributed by atoms with Crippen LogP contribution in [0.25, 0.3) is 0 Å². The molecule has 0 saturated carbocycles. The van der Waals surface area contributed by atoms with Gasteiger partial charge < -0.3 is 16.0 Å². The molecular weight excluding hydrogens is 403 g/mol. The van der Waals surface area contributed by atoms with E-state index in [0.717, 1.165) is 37.0 Å². The lowest BCUT2D eigenvalue weighted by Gasteiger charge is -2.33. The largest absolute Gasteiger partial charge is 0.363 e. The van der Waals surface area contributed by atoms with E-state index in [0.29, 0.717) is 32.5 Å². The van der Waals surface area contributed by atoms with Crippen molar-refractivity contribution in [3.63, 3.8) is 0 Å². The minimum absolute atomic E-state index is 0.0344. The second-order valence-electron chi connectivity index (χ2n) is 8.47. The fourth-order valence-electron chi connectivity index (χ4n) is 3.76. The van der Waals surface area contributed by atoms with Crippen LogP contribution in [0.4, 0.5) is 4.39 Å². The molecule has 0 unspecified atom stereocenters. The lowest BCUT2D eigenvalue weighted by Crippen LogP contribution is -2.49. The summed E-state index contributed by atoms with van der Waals surface area (Å²) in [6.45, 7) is 13.7. The fraction of sp³-hybridized carbons (Fsp3) is 0.462. The summed E-state index contributed by atoms with van der Waals surface area (Å²) in [6, 6.07) is -0.0344. The molecule has 174 valence electrons. The van der Waals surface area contributed by atoms with Crippen LogP contribution in [0.1, 0.15) is 52.4 Å². The Morgan fingerprint density at radius 2 is 2.12 bits per heavy atom. The Labute approximate surface area is 192 Å². The molecule has 5 nitrogen and oxygen atoms in total. The number of nitrogens with two attached hydrogens (primary N) is 1. The number of amides is 1. The number of halogens is 1. The van der Waals surface area contributed by atoms with Crippen molar-refractivity contribution in [1.82, 2.24) is 10.2 Å². The molecule has 1 amide bonds. The summed E-state index contributed by atoms with van der Waals surface area (Å²) in [7, 11) is 0. The van der Waals surface area contributed by atoms with Gasteiger partial charge in [-0.15, -0.1) is 0 Å². The van der Waals surface area contributed by atoms with Crippen molar-refractivity contribution >= 4 is 11.7 Å². The van der Waals surface area contributed by atoms with Crippen LogP contribution in [-0.2, 0) is 4.79 Å². The first-order valence-corrected chi connectivity index (χ1v) is 11.4. The zero-order valence-corrected chi connectivity index (χ0v) is 19.5. The molecule has 0 aliphatic carbocycles. The predicted octanol–water partition coefficient (Wildman–Crippen LogP) is 4.87. The van der Waals surface area contributed by atoms with E-state index in [9.17, 15) is 9.18 Å². The van der Waals surface area contributed by atoms with E-state index >= 15 is 0 Å². The molecule has 6 heteroatoms. The zero-order chi connectivity index (χ0) is 23.5. The third-order valence-electron chi connectivity index (χ3n) is 5.66. The normalized spacial score (nSPS) is 18.9. The van der Waals surface area contributed by atoms with Crippen molar-refractivity contribution in [3.05, 3.63) is 71.8 Å². The number of carbonyl (C=O) groups is 1. The number of aliphatic imine (C=N–C) groups is 1. The van der Waals surface area contributed by atoms with Crippen molar-refractivity contribution in [2.24, 2.45) is 10.7 Å². The van der Waals surface area contributed by atoms with E-state index in [1.165, 1.54) is 23.3 Å². The van der Waals surface area contributed by atoms with Crippen LogP contribution in [0.5, 0.6) is 0 Å². The number of carbonyl (C=O) groups excluding carboxylic acids is 1. The molecular formula is C26H37FN4O. The number of hydrogen-bond donors (Lipinski definition) is 2. The number of hydrogen-bond acceptors (Lipinski definition) is 4. The SMILES string of the molecule is C=CC(=O)N1CCC[C@@H](NC2=NC(CCC(=C)/C=C\C(CCN)=C(C)C)=CCC=C2F)C1. The highest BCUT2D eigenvalue weighted by Gasteiger charge is 2.24. The Morgan fingerprint density at radius 1 is 1.34 bits per heavy atom. The monoisotopic (exact) mass is 440 g/mol. The average Bonchev–Trinajstić information content (AvgIpc) is 2.95. The van der Waals surface area contributed by atoms with E-state index in [2.05, 4.69) is 43.4 Å². The lowest BCUT2D eigenvalue weighted by atomic mass is 10.0. The highest BCUT2D eigenvalue weighted by Crippen LogP contribution is 2.20. The van der Waals surface area contributed by atoms with Gasteiger partial charge >= 0.3 is 0 Å². The van der Waals surface area contributed by atoms with Crippen molar-refractivity contribution in [2.45, 2.75) is 58.4 Å². The maximum absolute atomic E-state index is 14.6. The van der Waals surface area contributed by atoms with Gasteiger partial charge in [0, 0.05) is 24.8 Å². The maximum atomic E-state index is 14.6. The predicted molar refractivity (Wildman–Crippen MR) is 132 cm³/mol. The quantitative estimate of drug-likeness (QED) is 0.397. The maximum Gasteiger partial charge on any atom is 0.246 e. The van der Waals surface area contributed by atoms with Gasteiger partial charge in [-0.05, 0) is 76.6 Å². The molecule has 1 saturated heterocycles. The fourth-order valence-corrected chi connectivity index (χ4v) is 3.76. The van der Waals surface area contributed by atoms with E-state index in [1.54, 1.807) is 4.90 Å². The minimum atomic E-state index is -0.350. The zero-order valence-electron chi connectivity index (χ0n) is 19.5. The first-order chi connectivity index (χ1) is 15.3. The Balaban J connectivity index is 1.99. The molecule has 0 spiro atoms. The summed E-state index contributed by atoms with van der Waals surface area (Å²) < 4.78 is 14.6. The molecule has 32 heavy (non-hydrogen) atoms. The molecule has 1 fully saturated rings. The second-order valence-corrected chi connectivity index (χ2v) is 8.47. The highest BCUT2D eigenvalue weighted by molar-refractivity contribution is 5.97. The van der Waals surface area contributed by atoms with E-state index in [1.807, 2.05) is 12.2 Å². The number of piperidine rings is 1. The third-order valence-corrected chi connectivity index (χ3v) is 5.66. The van der Waals surface area contributed by atoms with Crippen LogP contribution in [0.3, 0.4) is 0 Å². The number of allylic oxidation sites excluding steroid dienone is 7. The number of nitrogens with zero attached hydrogens (tertiary/aromatic N) is 2. The molecule has 2 rings (SSSR count). The Morgan fingerprint density at radius 3 is 2.81 bits per heavy atom. The van der Waals surface area contributed by atoms with Crippen LogP contribution >= 0.6 is 0 Å². The first kappa shape index (κ1) is 25.5. The van der Waals surface area contributed by atoms with Gasteiger partial charge in [0.25, 0.3) is 0 Å². The number of amidine groups is 1. The smallest absolute Gasteiger partial charge is 0.246 e. The van der Waals surface area contributed by atoms with Crippen molar-refractivity contribution in [2.75, 3.05) is 19.6 Å². The van der Waals surface area contributed by atoms with Crippen LogP contribution in [0.2, 0.25) is 0 Å². The first-order valence-electron chi connectivity index (χ1n) is 11.4. The molecule has 0 aromatic carbocycles. The summed E-state index contributed by atoms with van der Waals surface area (Å²) in [6.07, 6.45) is 13.4. The molecule has 0 aromatic rings. The minimum Gasteiger partial charge on any atom is -0.363 e. The third kappa shape index (κ3) is 8.08. The summed E-state index contributed by atoms with van der Waals surface area (Å²) in [5.74, 6) is -0.190. The van der Waals surface area contributed by atoms with Gasteiger partial charge in [-0.1, -0.05) is 42.5 Å². The van der Waals surface area contributed by atoms with Crippen molar-refractivity contribution in [1.29, 1.82) is 0 Å². The number of likely N-dealkylation sites (tertiary alicyclic amines) is 1. The molecule has 2 heterocycles. The Kier molecular flexibility index (Phi) is 10.3. The molecule has 2 aliphatic rings. The average molecular weight is 441 g/mol. The van der Waals surface area contributed by atoms with Gasteiger partial charge in [0.15, 0.2) is 11.7 Å². The van der Waals surface area contributed by atoms with Gasteiger partial charge in [0.05, 0.1) is 0 Å². The second kappa shape index (κ2) is 13.0. The van der Waals surface area contributed by atoms with Crippen LogP contribution in [-0.4, -0.2) is 42.3 Å². The van der Waals surface area contributed by atoms with Crippen LogP contribution < -0.4 is 11.1 Å². The molecule has 1 atom stereocenters. The molecule has 2 aliphatic heterocycles. The topological polar surface area (TPSA) is 70.7 Å². The Hall–Kier alpha value is -2.73. The van der Waals surface area contributed by atoms with E-state index in [4.69, 9.17) is 5.73 Å². The van der Waals surface area contributed by atoms with Gasteiger partial charge in [-0.2, -0.15) is 0 Å². The van der Waals surface area contributed by atoms with Crippen molar-refractivity contribution < 1.29 is 9.18 Å². The summed E-state index contributed by atoms with van der Waals surface area (Å²) in [5, 5.41) is 3.22. The summed E-state index contributed by atoms with van der Waals surface area (Å²) in [4.78, 5) is 18.2. The van der Waals surface area contributed by atoms with Crippen LogP contribution in [0, 0.1) is 0 Å². The van der Waals surface area contributed by atoms with E-state index < -0.39 is 0 Å². The molecule has 0 radical (unpaired) electrons. The summed E-state index contributed by atoms with van der Waals surface area (Å²) in [5.41, 5.74) is 10.0.